The Labute approximate surface area is 178 Å². The van der Waals surface area contributed by atoms with Gasteiger partial charge in [0.2, 0.25) is 5.91 Å². The lowest BCUT2D eigenvalue weighted by molar-refractivity contribution is -0.121. The summed E-state index contributed by atoms with van der Waals surface area (Å²) in [7, 11) is 1.75. The van der Waals surface area contributed by atoms with Gasteiger partial charge in [-0.25, -0.2) is 4.98 Å². The van der Waals surface area contributed by atoms with Crippen LogP contribution >= 0.6 is 0 Å². The smallest absolute Gasteiger partial charge is 0.260 e. The lowest BCUT2D eigenvalue weighted by Gasteiger charge is -2.40. The summed E-state index contributed by atoms with van der Waals surface area (Å²) < 4.78 is 1.56. The Morgan fingerprint density at radius 1 is 1.03 bits per heavy atom. The minimum atomic E-state index is -0.559. The van der Waals surface area contributed by atoms with E-state index in [1.165, 1.54) is 0 Å². The van der Waals surface area contributed by atoms with Crippen LogP contribution < -0.4 is 10.2 Å². The van der Waals surface area contributed by atoms with E-state index >= 15 is 0 Å². The maximum absolute atomic E-state index is 13.3. The highest BCUT2D eigenvalue weighted by atomic mass is 16.2. The van der Waals surface area contributed by atoms with E-state index in [1.54, 1.807) is 52.1 Å². The number of amides is 3. The molecule has 0 fully saturated rings. The molecule has 5 rings (SSSR count). The molecule has 156 valence electrons. The van der Waals surface area contributed by atoms with Gasteiger partial charge in [0.05, 0.1) is 17.8 Å². The van der Waals surface area contributed by atoms with Crippen molar-refractivity contribution in [2.75, 3.05) is 11.4 Å². The number of para-hydroxylation sites is 1. The summed E-state index contributed by atoms with van der Waals surface area (Å²) in [5.41, 5.74) is 2.40. The second kappa shape index (κ2) is 7.35. The zero-order valence-corrected chi connectivity index (χ0v) is 16.9. The molecule has 0 radical (unpaired) electrons. The van der Waals surface area contributed by atoms with Crippen molar-refractivity contribution < 1.29 is 14.4 Å². The molecule has 9 heteroatoms. The molecule has 1 atom stereocenters. The van der Waals surface area contributed by atoms with Gasteiger partial charge in [-0.1, -0.05) is 30.3 Å². The summed E-state index contributed by atoms with van der Waals surface area (Å²) in [6.07, 6.45) is 1.10. The van der Waals surface area contributed by atoms with Crippen molar-refractivity contribution in [3.63, 3.8) is 0 Å². The monoisotopic (exact) mass is 416 g/mol. The number of carbonyl (C=O) groups excluding carboxylic acids is 3. The maximum atomic E-state index is 13.3. The van der Waals surface area contributed by atoms with Gasteiger partial charge in [-0.3, -0.25) is 24.0 Å². The number of aromatic nitrogens is 3. The summed E-state index contributed by atoms with van der Waals surface area (Å²) in [5, 5.41) is 6.91. The molecule has 31 heavy (non-hydrogen) atoms. The predicted octanol–water partition coefficient (Wildman–Crippen LogP) is 1.64. The van der Waals surface area contributed by atoms with Crippen LogP contribution in [0.2, 0.25) is 0 Å². The first kappa shape index (κ1) is 19.0. The SMILES string of the molecule is Cn1cnc(CNC(=O)CCN2C(=O)c3ccccc3N3C(=O)c4ccccc4C23)n1. The zero-order valence-electron chi connectivity index (χ0n) is 16.9. The molecule has 0 saturated heterocycles. The summed E-state index contributed by atoms with van der Waals surface area (Å²) in [6.45, 7) is 0.394. The van der Waals surface area contributed by atoms with Gasteiger partial charge in [-0.05, 0) is 18.2 Å². The van der Waals surface area contributed by atoms with E-state index in [9.17, 15) is 14.4 Å². The van der Waals surface area contributed by atoms with Crippen LogP contribution in [0.3, 0.4) is 0 Å². The minimum Gasteiger partial charge on any atom is -0.349 e. The second-order valence-electron chi connectivity index (χ2n) is 7.51. The molecule has 1 N–H and O–H groups in total. The molecule has 2 aliphatic rings. The number of hydrogen-bond donors (Lipinski definition) is 1. The summed E-state index contributed by atoms with van der Waals surface area (Å²) in [6, 6.07) is 14.4. The first-order chi connectivity index (χ1) is 15.0. The summed E-state index contributed by atoms with van der Waals surface area (Å²) in [5.74, 6) is -0.0413. The molecule has 1 aromatic heterocycles. The molecule has 1 unspecified atom stereocenters. The Balaban J connectivity index is 1.39. The maximum Gasteiger partial charge on any atom is 0.260 e. The lowest BCUT2D eigenvalue weighted by Crippen LogP contribution is -2.49. The van der Waals surface area contributed by atoms with Crippen LogP contribution in [0.1, 0.15) is 44.7 Å². The van der Waals surface area contributed by atoms with Crippen LogP contribution in [0.15, 0.2) is 54.9 Å². The third kappa shape index (κ3) is 3.14. The van der Waals surface area contributed by atoms with Crippen molar-refractivity contribution in [3.05, 3.63) is 77.4 Å². The van der Waals surface area contributed by atoms with Crippen LogP contribution in [0.25, 0.3) is 0 Å². The Hall–Kier alpha value is -4.01. The molecule has 0 bridgehead atoms. The van der Waals surface area contributed by atoms with Crippen molar-refractivity contribution in [1.82, 2.24) is 25.0 Å². The fourth-order valence-corrected chi connectivity index (χ4v) is 4.15. The third-order valence-corrected chi connectivity index (χ3v) is 5.55. The predicted molar refractivity (Wildman–Crippen MR) is 111 cm³/mol. The number of hydrogen-bond acceptors (Lipinski definition) is 5. The van der Waals surface area contributed by atoms with Gasteiger partial charge in [0.15, 0.2) is 5.82 Å². The van der Waals surface area contributed by atoms with Crippen LogP contribution in [0, 0.1) is 0 Å². The van der Waals surface area contributed by atoms with E-state index in [1.807, 2.05) is 24.3 Å². The van der Waals surface area contributed by atoms with Crippen LogP contribution in [0.4, 0.5) is 5.69 Å². The highest BCUT2D eigenvalue weighted by molar-refractivity contribution is 6.16. The van der Waals surface area contributed by atoms with Gasteiger partial charge in [-0.15, -0.1) is 0 Å². The fourth-order valence-electron chi connectivity index (χ4n) is 4.15. The topological polar surface area (TPSA) is 100 Å². The van der Waals surface area contributed by atoms with Gasteiger partial charge in [0, 0.05) is 31.1 Å². The molecule has 0 spiro atoms. The molecule has 2 aromatic carbocycles. The van der Waals surface area contributed by atoms with Crippen molar-refractivity contribution in [1.29, 1.82) is 0 Å². The number of anilines is 1. The number of carbonyl (C=O) groups is 3. The van der Waals surface area contributed by atoms with E-state index in [2.05, 4.69) is 15.4 Å². The van der Waals surface area contributed by atoms with E-state index in [0.717, 1.165) is 5.56 Å². The van der Waals surface area contributed by atoms with Gasteiger partial charge >= 0.3 is 0 Å². The third-order valence-electron chi connectivity index (χ3n) is 5.55. The Morgan fingerprint density at radius 3 is 2.55 bits per heavy atom. The van der Waals surface area contributed by atoms with Gasteiger partial charge in [0.1, 0.15) is 12.5 Å². The Morgan fingerprint density at radius 2 is 1.77 bits per heavy atom. The Kier molecular flexibility index (Phi) is 4.50. The summed E-state index contributed by atoms with van der Waals surface area (Å²) >= 11 is 0. The number of benzene rings is 2. The molecule has 3 aromatic rings. The van der Waals surface area contributed by atoms with Gasteiger partial charge in [0.25, 0.3) is 11.8 Å². The molecular weight excluding hydrogens is 396 g/mol. The molecule has 3 amide bonds. The van der Waals surface area contributed by atoms with Crippen molar-refractivity contribution >= 4 is 23.4 Å². The standard InChI is InChI=1S/C22H20N6O3/c1-26-13-24-18(25-26)12-23-19(29)10-11-27-20-14-6-2-3-7-15(14)22(31)28(20)17-9-5-4-8-16(17)21(27)30/h2-9,13,20H,10-12H2,1H3,(H,23,29). The number of nitrogens with zero attached hydrogens (tertiary/aromatic N) is 5. The fraction of sp³-hybridized carbons (Fsp3) is 0.227. The van der Waals surface area contributed by atoms with Crippen molar-refractivity contribution in [2.45, 2.75) is 19.1 Å². The van der Waals surface area contributed by atoms with E-state index in [4.69, 9.17) is 0 Å². The second-order valence-corrected chi connectivity index (χ2v) is 7.51. The van der Waals surface area contributed by atoms with Crippen LogP contribution in [0.5, 0.6) is 0 Å². The quantitative estimate of drug-likeness (QED) is 0.682. The van der Waals surface area contributed by atoms with E-state index in [-0.39, 0.29) is 37.2 Å². The minimum absolute atomic E-state index is 0.0986. The van der Waals surface area contributed by atoms with E-state index in [0.29, 0.717) is 22.6 Å². The first-order valence-corrected chi connectivity index (χ1v) is 9.98. The van der Waals surface area contributed by atoms with Gasteiger partial charge < -0.3 is 10.2 Å². The number of fused-ring (bicyclic) bond motifs is 5. The number of aryl methyl sites for hydroxylation is 1. The first-order valence-electron chi connectivity index (χ1n) is 9.98. The average Bonchev–Trinajstić information content (AvgIpc) is 3.33. The molecule has 2 aliphatic heterocycles. The van der Waals surface area contributed by atoms with E-state index < -0.39 is 6.17 Å². The van der Waals surface area contributed by atoms with Crippen molar-refractivity contribution in [2.24, 2.45) is 7.05 Å². The Bertz CT molecular complexity index is 1200. The van der Waals surface area contributed by atoms with Crippen LogP contribution in [-0.2, 0) is 18.4 Å². The molecule has 0 aliphatic carbocycles. The van der Waals surface area contributed by atoms with Gasteiger partial charge in [-0.2, -0.15) is 5.10 Å². The highest BCUT2D eigenvalue weighted by Crippen LogP contribution is 2.45. The van der Waals surface area contributed by atoms with Crippen molar-refractivity contribution in [3.8, 4) is 0 Å². The lowest BCUT2D eigenvalue weighted by atomic mass is 10.0. The molecular formula is C22H20N6O3. The van der Waals surface area contributed by atoms with Crippen LogP contribution in [-0.4, -0.2) is 43.9 Å². The highest BCUT2D eigenvalue weighted by Gasteiger charge is 2.47. The molecule has 0 saturated carbocycles. The number of rotatable bonds is 5. The number of nitrogens with one attached hydrogen (secondary N) is 1. The normalized spacial score (nSPS) is 16.7. The zero-order chi connectivity index (χ0) is 21.5. The average molecular weight is 416 g/mol. The molecule has 3 heterocycles. The largest absolute Gasteiger partial charge is 0.349 e. The summed E-state index contributed by atoms with van der Waals surface area (Å²) in [4.78, 5) is 46.2. The molecule has 9 nitrogen and oxygen atoms in total.